The lowest BCUT2D eigenvalue weighted by Crippen LogP contribution is -2.12. The van der Waals surface area contributed by atoms with Gasteiger partial charge in [-0.05, 0) is 13.0 Å². The molecule has 2 heterocycles. The second kappa shape index (κ2) is 7.65. The van der Waals surface area contributed by atoms with Crippen molar-refractivity contribution >= 4 is 29.0 Å². The normalized spacial score (nSPS) is 11.9. The lowest BCUT2D eigenvalue weighted by Gasteiger charge is -2.12. The monoisotopic (exact) mass is 400 g/mol. The van der Waals surface area contributed by atoms with Gasteiger partial charge in [0, 0.05) is 19.2 Å². The molecule has 2 aromatic heterocycles. The maximum Gasteiger partial charge on any atom is 0.417 e. The number of pyridine rings is 1. The molecule has 2 rings (SSSR count). The van der Waals surface area contributed by atoms with E-state index in [1.54, 1.807) is 0 Å². The standard InChI is InChI=1S/C14H11Cl2F5N4/c1-6-24-11(12(17)18)10(16)13(25-6)22-3-2-9-8(15)4-7(5-23-9)14(19,20)21/h4-5,12H,2-3H2,1H3,(H,22,24,25). The van der Waals surface area contributed by atoms with Crippen molar-refractivity contribution in [1.82, 2.24) is 15.0 Å². The molecule has 1 N–H and O–H groups in total. The van der Waals surface area contributed by atoms with E-state index < -0.39 is 23.9 Å². The Morgan fingerprint density at radius 1 is 1.20 bits per heavy atom. The predicted molar refractivity (Wildman–Crippen MR) is 83.2 cm³/mol. The molecule has 0 atom stereocenters. The molecule has 136 valence electrons. The number of anilines is 1. The third kappa shape index (κ3) is 4.88. The highest BCUT2D eigenvalue weighted by Gasteiger charge is 2.31. The fourth-order valence-electron chi connectivity index (χ4n) is 1.95. The molecule has 0 aliphatic rings. The third-order valence-corrected chi connectivity index (χ3v) is 3.79. The van der Waals surface area contributed by atoms with Crippen molar-refractivity contribution in [3.05, 3.63) is 45.1 Å². The van der Waals surface area contributed by atoms with E-state index in [-0.39, 0.29) is 40.3 Å². The van der Waals surface area contributed by atoms with Crippen molar-refractivity contribution in [3.63, 3.8) is 0 Å². The summed E-state index contributed by atoms with van der Waals surface area (Å²) in [5.74, 6) is 0.111. The molecular formula is C14H11Cl2F5N4. The molecule has 0 aromatic carbocycles. The van der Waals surface area contributed by atoms with Crippen LogP contribution in [-0.4, -0.2) is 21.5 Å². The van der Waals surface area contributed by atoms with Gasteiger partial charge in [-0.1, -0.05) is 23.2 Å². The summed E-state index contributed by atoms with van der Waals surface area (Å²) in [6.45, 7) is 1.55. The maximum absolute atomic E-state index is 12.8. The zero-order valence-electron chi connectivity index (χ0n) is 12.6. The Hall–Kier alpha value is -1.74. The first-order chi connectivity index (χ1) is 11.6. The van der Waals surface area contributed by atoms with Crippen LogP contribution in [0.4, 0.5) is 27.8 Å². The number of hydrogen-bond donors (Lipinski definition) is 1. The van der Waals surface area contributed by atoms with Gasteiger partial charge in [-0.2, -0.15) is 13.2 Å². The fraction of sp³-hybridized carbons (Fsp3) is 0.357. The highest BCUT2D eigenvalue weighted by molar-refractivity contribution is 6.33. The summed E-state index contributed by atoms with van der Waals surface area (Å²) < 4.78 is 63.4. The molecule has 0 fully saturated rings. The zero-order valence-corrected chi connectivity index (χ0v) is 14.1. The topological polar surface area (TPSA) is 50.7 Å². The van der Waals surface area contributed by atoms with Gasteiger partial charge in [0.1, 0.15) is 22.4 Å². The number of hydrogen-bond acceptors (Lipinski definition) is 4. The van der Waals surface area contributed by atoms with Gasteiger partial charge in [0.15, 0.2) is 0 Å². The molecular weight excluding hydrogens is 390 g/mol. The van der Waals surface area contributed by atoms with E-state index in [1.807, 2.05) is 0 Å². The predicted octanol–water partition coefficient (Wildman–Crippen LogP) is 5.10. The van der Waals surface area contributed by atoms with Crippen LogP contribution in [0, 0.1) is 6.92 Å². The SMILES string of the molecule is Cc1nc(NCCc2ncc(C(F)(F)F)cc2Cl)c(Cl)c(C(F)F)n1. The zero-order chi connectivity index (χ0) is 18.8. The van der Waals surface area contributed by atoms with E-state index in [9.17, 15) is 22.0 Å². The molecule has 0 aliphatic carbocycles. The molecule has 0 amide bonds. The molecule has 0 saturated carbocycles. The van der Waals surface area contributed by atoms with Gasteiger partial charge in [-0.15, -0.1) is 0 Å². The van der Waals surface area contributed by atoms with E-state index in [4.69, 9.17) is 23.2 Å². The van der Waals surface area contributed by atoms with Crippen LogP contribution in [0.25, 0.3) is 0 Å². The second-order valence-corrected chi connectivity index (χ2v) is 5.73. The van der Waals surface area contributed by atoms with Crippen molar-refractivity contribution in [2.24, 2.45) is 0 Å². The Morgan fingerprint density at radius 2 is 1.88 bits per heavy atom. The largest absolute Gasteiger partial charge is 0.417 e. The van der Waals surface area contributed by atoms with Crippen molar-refractivity contribution in [1.29, 1.82) is 0 Å². The van der Waals surface area contributed by atoms with Gasteiger partial charge in [-0.3, -0.25) is 4.98 Å². The minimum absolute atomic E-state index is 0.00695. The maximum atomic E-state index is 12.8. The van der Waals surface area contributed by atoms with E-state index in [1.165, 1.54) is 6.92 Å². The molecule has 25 heavy (non-hydrogen) atoms. The van der Waals surface area contributed by atoms with Crippen molar-refractivity contribution in [3.8, 4) is 0 Å². The molecule has 11 heteroatoms. The average molecular weight is 401 g/mol. The van der Waals surface area contributed by atoms with Crippen molar-refractivity contribution < 1.29 is 22.0 Å². The molecule has 0 spiro atoms. The molecule has 4 nitrogen and oxygen atoms in total. The van der Waals surface area contributed by atoms with E-state index >= 15 is 0 Å². The van der Waals surface area contributed by atoms with Gasteiger partial charge in [0.2, 0.25) is 0 Å². The summed E-state index contributed by atoms with van der Waals surface area (Å²) in [6, 6.07) is 0.778. The minimum atomic E-state index is -4.54. The Kier molecular flexibility index (Phi) is 5.99. The third-order valence-electron chi connectivity index (χ3n) is 3.09. The summed E-state index contributed by atoms with van der Waals surface area (Å²) in [6.07, 6.45) is -6.58. The highest BCUT2D eigenvalue weighted by atomic mass is 35.5. The van der Waals surface area contributed by atoms with Gasteiger partial charge in [-0.25, -0.2) is 18.7 Å². The van der Waals surface area contributed by atoms with Crippen molar-refractivity contribution in [2.45, 2.75) is 25.9 Å². The van der Waals surface area contributed by atoms with Crippen LogP contribution >= 0.6 is 23.2 Å². The lowest BCUT2D eigenvalue weighted by atomic mass is 10.2. The van der Waals surface area contributed by atoms with Gasteiger partial charge in [0.05, 0.1) is 16.3 Å². The number of aromatic nitrogens is 3. The quantitative estimate of drug-likeness (QED) is 0.709. The summed E-state index contributed by atoms with van der Waals surface area (Å²) in [5, 5.41) is 2.28. The highest BCUT2D eigenvalue weighted by Crippen LogP contribution is 2.32. The number of alkyl halides is 5. The van der Waals surface area contributed by atoms with Gasteiger partial charge in [0.25, 0.3) is 6.43 Å². The molecule has 0 bridgehead atoms. The average Bonchev–Trinajstić information content (AvgIpc) is 2.50. The number of nitrogens with zero attached hydrogens (tertiary/aromatic N) is 3. The second-order valence-electron chi connectivity index (χ2n) is 4.95. The lowest BCUT2D eigenvalue weighted by molar-refractivity contribution is -0.137. The smallest absolute Gasteiger partial charge is 0.368 e. The summed E-state index contributed by atoms with van der Waals surface area (Å²) in [7, 11) is 0. The number of rotatable bonds is 5. The Labute approximate surface area is 149 Å². The number of halogens is 7. The number of aryl methyl sites for hydroxylation is 1. The van der Waals surface area contributed by atoms with E-state index in [2.05, 4.69) is 20.3 Å². The Bertz CT molecular complexity index is 768. The van der Waals surface area contributed by atoms with E-state index in [0.717, 1.165) is 6.07 Å². The van der Waals surface area contributed by atoms with Crippen LogP contribution < -0.4 is 5.32 Å². The summed E-state index contributed by atoms with van der Waals surface area (Å²) in [4.78, 5) is 11.2. The number of nitrogens with one attached hydrogen (secondary N) is 1. The molecule has 0 unspecified atom stereocenters. The minimum Gasteiger partial charge on any atom is -0.368 e. The molecule has 2 aromatic rings. The Balaban J connectivity index is 2.09. The molecule has 0 saturated heterocycles. The fourth-order valence-corrected chi connectivity index (χ4v) is 2.44. The van der Waals surface area contributed by atoms with Crippen LogP contribution in [-0.2, 0) is 12.6 Å². The summed E-state index contributed by atoms with van der Waals surface area (Å²) >= 11 is 11.6. The van der Waals surface area contributed by atoms with E-state index in [0.29, 0.717) is 6.20 Å². The van der Waals surface area contributed by atoms with Crippen LogP contribution in [0.5, 0.6) is 0 Å². The van der Waals surface area contributed by atoms with Gasteiger partial charge >= 0.3 is 6.18 Å². The first-order valence-corrected chi connectivity index (χ1v) is 7.63. The first-order valence-electron chi connectivity index (χ1n) is 6.87. The van der Waals surface area contributed by atoms with Crippen LogP contribution in [0.2, 0.25) is 10.0 Å². The summed E-state index contributed by atoms with van der Waals surface area (Å²) in [5.41, 5.74) is -1.33. The van der Waals surface area contributed by atoms with Crippen LogP contribution in [0.1, 0.15) is 29.2 Å². The first kappa shape index (κ1) is 19.6. The molecule has 0 aliphatic heterocycles. The van der Waals surface area contributed by atoms with Gasteiger partial charge < -0.3 is 5.32 Å². The molecule has 0 radical (unpaired) electrons. The Morgan fingerprint density at radius 3 is 2.44 bits per heavy atom. The van der Waals surface area contributed by atoms with Crippen LogP contribution in [0.3, 0.4) is 0 Å². The van der Waals surface area contributed by atoms with Crippen molar-refractivity contribution in [2.75, 3.05) is 11.9 Å². The van der Waals surface area contributed by atoms with Crippen LogP contribution in [0.15, 0.2) is 12.3 Å².